The van der Waals surface area contributed by atoms with Crippen molar-refractivity contribution >= 4 is 11.8 Å². The topological polar surface area (TPSA) is 54.4 Å². The van der Waals surface area contributed by atoms with E-state index >= 15 is 0 Å². The highest BCUT2D eigenvalue weighted by atomic mass is 16.4. The third kappa shape index (κ3) is 3.43. The minimum atomic E-state index is -0.640. The minimum Gasteiger partial charge on any atom is -0.481 e. The van der Waals surface area contributed by atoms with Gasteiger partial charge in [-0.1, -0.05) is 72.8 Å². The smallest absolute Gasteiger partial charge is 0.306 e. The lowest BCUT2D eigenvalue weighted by atomic mass is 9.44. The van der Waals surface area contributed by atoms with Gasteiger partial charge in [0.2, 0.25) is 0 Å². The van der Waals surface area contributed by atoms with Crippen LogP contribution < -0.4 is 0 Å². The molecule has 2 saturated carbocycles. The van der Waals surface area contributed by atoms with Crippen molar-refractivity contribution in [2.75, 3.05) is 0 Å². The summed E-state index contributed by atoms with van der Waals surface area (Å²) in [6.45, 7) is 20.0. The molecule has 0 aromatic carbocycles. The zero-order chi connectivity index (χ0) is 25.3. The molecule has 0 aromatic heterocycles. The van der Waals surface area contributed by atoms with Gasteiger partial charge in [-0.15, -0.1) is 0 Å². The summed E-state index contributed by atoms with van der Waals surface area (Å²) in [5.41, 5.74) is 3.78. The Balaban J connectivity index is 1.69. The molecule has 0 bridgehead atoms. The number of carboxylic acid groups (broad SMARTS) is 1. The first kappa shape index (κ1) is 25.5. The molecule has 0 aromatic rings. The van der Waals surface area contributed by atoms with Crippen molar-refractivity contribution < 1.29 is 14.7 Å². The molecule has 0 amide bonds. The fourth-order valence-corrected chi connectivity index (χ4v) is 8.62. The van der Waals surface area contributed by atoms with Crippen LogP contribution in [0.3, 0.4) is 0 Å². The maximum absolute atomic E-state index is 12.8. The number of fused-ring (bicyclic) bond motifs is 5. The van der Waals surface area contributed by atoms with E-state index in [0.717, 1.165) is 44.1 Å². The molecule has 3 heteroatoms. The Hall–Kier alpha value is -1.64. The standard InChI is InChI=1S/C31H46O3/c1-19(2)20(3)9-10-21(27(33)34)22-13-17-31(8)24-11-12-25-28(4,5)26(32)15-16-29(25,6)23(24)14-18-30(22,31)7/h11,14,19,21-22,25H,3,9-10,12-13,15-18H2,1-2,4-8H3,(H,33,34)/t21?,22-,25?,29-,30-,31?/m1/s1. The fraction of sp³-hybridized carbons (Fsp3) is 0.742. The Morgan fingerprint density at radius 3 is 2.41 bits per heavy atom. The molecule has 3 unspecified atom stereocenters. The molecular weight excluding hydrogens is 420 g/mol. The molecule has 3 nitrogen and oxygen atoms in total. The number of ketones is 1. The third-order valence-corrected chi connectivity index (χ3v) is 11.4. The average Bonchev–Trinajstić information content (AvgIpc) is 3.02. The Kier molecular flexibility index (Phi) is 6.14. The zero-order valence-electron chi connectivity index (χ0n) is 22.6. The van der Waals surface area contributed by atoms with Crippen molar-refractivity contribution in [2.45, 2.75) is 99.8 Å². The van der Waals surface area contributed by atoms with Crippen LogP contribution >= 0.6 is 0 Å². The van der Waals surface area contributed by atoms with Crippen LogP contribution in [-0.4, -0.2) is 16.9 Å². The Bertz CT molecular complexity index is 965. The summed E-state index contributed by atoms with van der Waals surface area (Å²) < 4.78 is 0. The Morgan fingerprint density at radius 1 is 1.12 bits per heavy atom. The Labute approximate surface area is 207 Å². The fourth-order valence-electron chi connectivity index (χ4n) is 8.62. The van der Waals surface area contributed by atoms with Crippen molar-refractivity contribution in [3.05, 3.63) is 35.5 Å². The van der Waals surface area contributed by atoms with E-state index in [1.54, 1.807) is 0 Å². The molecule has 188 valence electrons. The molecule has 34 heavy (non-hydrogen) atoms. The van der Waals surface area contributed by atoms with Crippen LogP contribution in [0, 0.1) is 45.3 Å². The third-order valence-electron chi connectivity index (χ3n) is 11.4. The van der Waals surface area contributed by atoms with Crippen molar-refractivity contribution in [2.24, 2.45) is 45.3 Å². The molecule has 6 atom stereocenters. The summed E-state index contributed by atoms with van der Waals surface area (Å²) in [6, 6.07) is 0. The molecule has 2 fully saturated rings. The van der Waals surface area contributed by atoms with Crippen molar-refractivity contribution in [1.82, 2.24) is 0 Å². The van der Waals surface area contributed by atoms with Crippen LogP contribution in [0.4, 0.5) is 0 Å². The van der Waals surface area contributed by atoms with Gasteiger partial charge >= 0.3 is 5.97 Å². The maximum Gasteiger partial charge on any atom is 0.306 e. The van der Waals surface area contributed by atoms with E-state index in [1.165, 1.54) is 11.1 Å². The summed E-state index contributed by atoms with van der Waals surface area (Å²) >= 11 is 0. The summed E-state index contributed by atoms with van der Waals surface area (Å²) in [7, 11) is 0. The lowest BCUT2D eigenvalue weighted by Gasteiger charge is -2.59. The number of carbonyl (C=O) groups is 2. The molecule has 4 aliphatic rings. The second-order valence-electron chi connectivity index (χ2n) is 13.5. The normalized spacial score (nSPS) is 39.5. The maximum atomic E-state index is 12.8. The zero-order valence-corrected chi connectivity index (χ0v) is 22.6. The SMILES string of the molecule is C=C(CCC(C(=O)O)[C@H]1CCC2(C)C3=CCC4C(C)(C)C(=O)CC[C@]4(C)C3=CC[C@]12C)C(C)C. The van der Waals surface area contributed by atoms with E-state index in [4.69, 9.17) is 0 Å². The van der Waals surface area contributed by atoms with E-state index in [-0.39, 0.29) is 33.5 Å². The number of allylic oxidation sites excluding steroid dienone is 5. The number of carboxylic acids is 1. The predicted molar refractivity (Wildman–Crippen MR) is 138 cm³/mol. The molecular formula is C31H46O3. The van der Waals surface area contributed by atoms with E-state index in [2.05, 4.69) is 67.2 Å². The number of Topliss-reactive ketones (excluding diaryl/α,β-unsaturated/α-hetero) is 1. The van der Waals surface area contributed by atoms with E-state index in [1.807, 2.05) is 0 Å². The number of hydrogen-bond acceptors (Lipinski definition) is 2. The molecule has 0 radical (unpaired) electrons. The van der Waals surface area contributed by atoms with Gasteiger partial charge in [0.05, 0.1) is 5.92 Å². The summed E-state index contributed by atoms with van der Waals surface area (Å²) in [6.07, 6.45) is 11.9. The van der Waals surface area contributed by atoms with Crippen LogP contribution in [0.2, 0.25) is 0 Å². The highest BCUT2D eigenvalue weighted by Gasteiger charge is 2.63. The van der Waals surface area contributed by atoms with Crippen molar-refractivity contribution in [1.29, 1.82) is 0 Å². The molecule has 0 spiro atoms. The second kappa shape index (κ2) is 8.20. The van der Waals surface area contributed by atoms with Crippen LogP contribution in [-0.2, 0) is 9.59 Å². The first-order valence-corrected chi connectivity index (χ1v) is 13.6. The Morgan fingerprint density at radius 2 is 1.79 bits per heavy atom. The van der Waals surface area contributed by atoms with Gasteiger partial charge in [-0.3, -0.25) is 9.59 Å². The van der Waals surface area contributed by atoms with Crippen LogP contribution in [0.25, 0.3) is 0 Å². The lowest BCUT2D eigenvalue weighted by molar-refractivity contribution is -0.146. The van der Waals surface area contributed by atoms with Crippen LogP contribution in [0.5, 0.6) is 0 Å². The van der Waals surface area contributed by atoms with Gasteiger partial charge in [-0.2, -0.15) is 0 Å². The van der Waals surface area contributed by atoms with Crippen molar-refractivity contribution in [3.63, 3.8) is 0 Å². The van der Waals surface area contributed by atoms with Gasteiger partial charge in [-0.25, -0.2) is 0 Å². The molecule has 4 aliphatic carbocycles. The highest BCUT2D eigenvalue weighted by molar-refractivity contribution is 5.86. The van der Waals surface area contributed by atoms with E-state index in [9.17, 15) is 14.7 Å². The van der Waals surface area contributed by atoms with E-state index in [0.29, 0.717) is 30.5 Å². The quantitative estimate of drug-likeness (QED) is 0.407. The first-order valence-electron chi connectivity index (χ1n) is 13.6. The summed E-state index contributed by atoms with van der Waals surface area (Å²) in [5.74, 6) is 0.355. The number of rotatable bonds is 6. The van der Waals surface area contributed by atoms with Crippen molar-refractivity contribution in [3.8, 4) is 0 Å². The highest BCUT2D eigenvalue weighted by Crippen LogP contribution is 2.71. The summed E-state index contributed by atoms with van der Waals surface area (Å²) in [4.78, 5) is 25.3. The predicted octanol–water partition coefficient (Wildman–Crippen LogP) is 7.77. The number of carbonyl (C=O) groups excluding carboxylic acids is 1. The molecule has 0 aliphatic heterocycles. The largest absolute Gasteiger partial charge is 0.481 e. The van der Waals surface area contributed by atoms with Gasteiger partial charge in [0.15, 0.2) is 0 Å². The average molecular weight is 467 g/mol. The van der Waals surface area contributed by atoms with Crippen LogP contribution in [0.1, 0.15) is 99.8 Å². The molecule has 0 saturated heterocycles. The number of aliphatic carboxylic acids is 1. The van der Waals surface area contributed by atoms with Crippen LogP contribution in [0.15, 0.2) is 35.5 Å². The number of hydrogen-bond donors (Lipinski definition) is 1. The molecule has 4 rings (SSSR count). The minimum absolute atomic E-state index is 0.00984. The van der Waals surface area contributed by atoms with Gasteiger partial charge in [0, 0.05) is 11.8 Å². The summed E-state index contributed by atoms with van der Waals surface area (Å²) in [5, 5.41) is 10.3. The monoisotopic (exact) mass is 466 g/mol. The van der Waals surface area contributed by atoms with Gasteiger partial charge in [0.1, 0.15) is 5.78 Å². The van der Waals surface area contributed by atoms with Gasteiger partial charge in [-0.05, 0) is 90.1 Å². The molecule has 1 N–H and O–H groups in total. The first-order chi connectivity index (χ1) is 15.7. The van der Waals surface area contributed by atoms with Gasteiger partial charge in [0.25, 0.3) is 0 Å². The van der Waals surface area contributed by atoms with E-state index < -0.39 is 5.97 Å². The second-order valence-corrected chi connectivity index (χ2v) is 13.5. The molecule has 0 heterocycles. The van der Waals surface area contributed by atoms with Gasteiger partial charge < -0.3 is 5.11 Å². The lowest BCUT2D eigenvalue weighted by Crippen LogP contribution is -2.53.